The highest BCUT2D eigenvalue weighted by Crippen LogP contribution is 2.33. The molecule has 1 aromatic carbocycles. The van der Waals surface area contributed by atoms with Crippen molar-refractivity contribution in [3.8, 4) is 5.75 Å². The molecular formula is C14H12ClN3O3. The highest BCUT2D eigenvalue weighted by molar-refractivity contribution is 6.36. The molecule has 2 aromatic heterocycles. The maximum absolute atomic E-state index is 12.0. The first kappa shape index (κ1) is 13.6. The molecule has 2 heterocycles. The van der Waals surface area contributed by atoms with Crippen LogP contribution in [-0.2, 0) is 4.74 Å². The number of carbonyl (C=O) groups is 1. The van der Waals surface area contributed by atoms with Crippen LogP contribution in [-0.4, -0.2) is 34.6 Å². The van der Waals surface area contributed by atoms with E-state index in [-0.39, 0.29) is 0 Å². The molecule has 3 aromatic rings. The predicted octanol–water partition coefficient (Wildman–Crippen LogP) is 2.95. The lowest BCUT2D eigenvalue weighted by atomic mass is 10.1. The summed E-state index contributed by atoms with van der Waals surface area (Å²) in [5, 5.41) is 1.83. The maximum atomic E-state index is 12.0. The lowest BCUT2D eigenvalue weighted by Gasteiger charge is -2.08. The van der Waals surface area contributed by atoms with E-state index in [9.17, 15) is 4.79 Å². The van der Waals surface area contributed by atoms with E-state index < -0.39 is 5.97 Å². The lowest BCUT2D eigenvalue weighted by Crippen LogP contribution is -2.06. The van der Waals surface area contributed by atoms with Gasteiger partial charge in [-0.3, -0.25) is 0 Å². The Morgan fingerprint density at radius 2 is 2.19 bits per heavy atom. The Bertz CT molecular complexity index is 844. The molecule has 7 heteroatoms. The van der Waals surface area contributed by atoms with Crippen molar-refractivity contribution in [1.82, 2.24) is 15.0 Å². The van der Waals surface area contributed by atoms with Crippen molar-refractivity contribution in [3.05, 3.63) is 29.2 Å². The van der Waals surface area contributed by atoms with E-state index in [1.165, 1.54) is 13.4 Å². The number of fused-ring (bicyclic) bond motifs is 3. The second-order valence-electron chi connectivity index (χ2n) is 4.33. The van der Waals surface area contributed by atoms with Gasteiger partial charge in [0.2, 0.25) is 0 Å². The van der Waals surface area contributed by atoms with Gasteiger partial charge in [-0.15, -0.1) is 0 Å². The molecule has 21 heavy (non-hydrogen) atoms. The van der Waals surface area contributed by atoms with Crippen LogP contribution in [0, 0.1) is 0 Å². The number of H-pyrrole nitrogens is 1. The van der Waals surface area contributed by atoms with E-state index in [0.29, 0.717) is 34.1 Å². The molecule has 0 saturated carbocycles. The van der Waals surface area contributed by atoms with Crippen LogP contribution in [0.2, 0.25) is 5.15 Å². The highest BCUT2D eigenvalue weighted by atomic mass is 35.5. The van der Waals surface area contributed by atoms with Crippen LogP contribution >= 0.6 is 11.6 Å². The predicted molar refractivity (Wildman–Crippen MR) is 78.9 cm³/mol. The van der Waals surface area contributed by atoms with Gasteiger partial charge >= 0.3 is 5.97 Å². The van der Waals surface area contributed by atoms with Gasteiger partial charge in [0, 0.05) is 10.9 Å². The minimum Gasteiger partial charge on any atom is -0.496 e. The van der Waals surface area contributed by atoms with Gasteiger partial charge in [-0.2, -0.15) is 0 Å². The molecule has 0 atom stereocenters. The number of hydrogen-bond acceptors (Lipinski definition) is 5. The molecule has 0 fully saturated rings. The normalized spacial score (nSPS) is 11.0. The van der Waals surface area contributed by atoms with E-state index in [0.717, 1.165) is 10.9 Å². The zero-order chi connectivity index (χ0) is 15.0. The number of nitrogens with zero attached hydrogens (tertiary/aromatic N) is 2. The lowest BCUT2D eigenvalue weighted by molar-refractivity contribution is 0.0523. The number of esters is 1. The molecule has 0 aliphatic heterocycles. The van der Waals surface area contributed by atoms with Gasteiger partial charge in [-0.25, -0.2) is 14.8 Å². The Morgan fingerprint density at radius 1 is 1.38 bits per heavy atom. The standard InChI is InChI=1S/C14H12ClN3O3/c1-3-21-14(19)8-4-9-7(5-10(8)20-2)11-12(15)16-6-17-13(11)18-9/h4-6H,3H2,1-2H3,(H,16,17,18). The smallest absolute Gasteiger partial charge is 0.341 e. The largest absolute Gasteiger partial charge is 0.496 e. The zero-order valence-electron chi connectivity index (χ0n) is 11.4. The van der Waals surface area contributed by atoms with Crippen LogP contribution in [0.4, 0.5) is 0 Å². The monoisotopic (exact) mass is 305 g/mol. The van der Waals surface area contributed by atoms with Crippen molar-refractivity contribution >= 4 is 39.5 Å². The van der Waals surface area contributed by atoms with Crippen LogP contribution in [0.25, 0.3) is 21.9 Å². The van der Waals surface area contributed by atoms with Gasteiger partial charge in [-0.1, -0.05) is 11.6 Å². The number of ether oxygens (including phenoxy) is 2. The fraction of sp³-hybridized carbons (Fsp3) is 0.214. The van der Waals surface area contributed by atoms with Crippen LogP contribution < -0.4 is 4.74 Å². The number of rotatable bonds is 3. The molecule has 1 N–H and O–H groups in total. The zero-order valence-corrected chi connectivity index (χ0v) is 12.2. The third kappa shape index (κ3) is 2.17. The van der Waals surface area contributed by atoms with E-state index >= 15 is 0 Å². The topological polar surface area (TPSA) is 77.1 Å². The first-order valence-electron chi connectivity index (χ1n) is 6.32. The summed E-state index contributed by atoms with van der Waals surface area (Å²) in [5.41, 5.74) is 1.67. The molecule has 6 nitrogen and oxygen atoms in total. The number of aromatic nitrogens is 3. The molecule has 0 saturated heterocycles. The van der Waals surface area contributed by atoms with E-state index in [2.05, 4.69) is 15.0 Å². The molecule has 0 radical (unpaired) electrons. The molecule has 0 unspecified atom stereocenters. The van der Waals surface area contributed by atoms with Crippen molar-refractivity contribution in [3.63, 3.8) is 0 Å². The van der Waals surface area contributed by atoms with Crippen molar-refractivity contribution < 1.29 is 14.3 Å². The van der Waals surface area contributed by atoms with Crippen molar-refractivity contribution in [2.45, 2.75) is 6.92 Å². The van der Waals surface area contributed by atoms with Crippen LogP contribution in [0.5, 0.6) is 5.75 Å². The fourth-order valence-corrected chi connectivity index (χ4v) is 2.49. The minimum absolute atomic E-state index is 0.296. The molecule has 0 aliphatic carbocycles. The Labute approximate surface area is 125 Å². The molecule has 0 aliphatic rings. The van der Waals surface area contributed by atoms with Gasteiger partial charge in [0.1, 0.15) is 28.4 Å². The average molecular weight is 306 g/mol. The number of nitrogens with one attached hydrogen (secondary N) is 1. The fourth-order valence-electron chi connectivity index (χ4n) is 2.25. The summed E-state index contributed by atoms with van der Waals surface area (Å²) in [7, 11) is 1.50. The Kier molecular flexibility index (Phi) is 3.39. The first-order valence-corrected chi connectivity index (χ1v) is 6.70. The van der Waals surface area contributed by atoms with E-state index in [1.807, 2.05) is 0 Å². The summed E-state index contributed by atoms with van der Waals surface area (Å²) >= 11 is 6.12. The molecule has 3 rings (SSSR count). The summed E-state index contributed by atoms with van der Waals surface area (Å²) in [6, 6.07) is 3.40. The summed E-state index contributed by atoms with van der Waals surface area (Å²) in [4.78, 5) is 23.2. The van der Waals surface area contributed by atoms with Gasteiger partial charge < -0.3 is 14.5 Å². The van der Waals surface area contributed by atoms with Gasteiger partial charge in [0.05, 0.1) is 19.1 Å². The third-order valence-corrected chi connectivity index (χ3v) is 3.44. The van der Waals surface area contributed by atoms with Crippen molar-refractivity contribution in [2.24, 2.45) is 0 Å². The second-order valence-corrected chi connectivity index (χ2v) is 4.69. The van der Waals surface area contributed by atoms with Crippen LogP contribution in [0.15, 0.2) is 18.5 Å². The summed E-state index contributed by atoms with van der Waals surface area (Å²) in [6.07, 6.45) is 1.38. The van der Waals surface area contributed by atoms with Crippen LogP contribution in [0.3, 0.4) is 0 Å². The van der Waals surface area contributed by atoms with Gasteiger partial charge in [0.15, 0.2) is 0 Å². The summed E-state index contributed by atoms with van der Waals surface area (Å²) in [6.45, 7) is 2.05. The molecule has 0 amide bonds. The summed E-state index contributed by atoms with van der Waals surface area (Å²) in [5.74, 6) is -0.0196. The van der Waals surface area contributed by atoms with Crippen molar-refractivity contribution in [1.29, 1.82) is 0 Å². The van der Waals surface area contributed by atoms with Gasteiger partial charge in [-0.05, 0) is 19.1 Å². The molecule has 108 valence electrons. The number of halogens is 1. The van der Waals surface area contributed by atoms with Crippen LogP contribution in [0.1, 0.15) is 17.3 Å². The number of benzene rings is 1. The number of carbonyl (C=O) groups excluding carboxylic acids is 1. The quantitative estimate of drug-likeness (QED) is 0.594. The Balaban J connectivity index is 2.31. The minimum atomic E-state index is -0.438. The molecule has 0 spiro atoms. The Hall–Kier alpha value is -2.34. The van der Waals surface area contributed by atoms with E-state index in [4.69, 9.17) is 21.1 Å². The van der Waals surface area contributed by atoms with E-state index in [1.54, 1.807) is 19.1 Å². The number of hydrogen-bond donors (Lipinski definition) is 1. The number of aromatic amines is 1. The maximum Gasteiger partial charge on any atom is 0.341 e. The Morgan fingerprint density at radius 3 is 2.90 bits per heavy atom. The second kappa shape index (κ2) is 5.21. The number of methoxy groups -OCH3 is 1. The average Bonchev–Trinajstić information content (AvgIpc) is 2.84. The SMILES string of the molecule is CCOC(=O)c1cc2[nH]c3ncnc(Cl)c3c2cc1OC. The molecular weight excluding hydrogens is 294 g/mol. The third-order valence-electron chi connectivity index (χ3n) is 3.16. The van der Waals surface area contributed by atoms with Crippen molar-refractivity contribution in [2.75, 3.05) is 13.7 Å². The molecule has 0 bridgehead atoms. The first-order chi connectivity index (χ1) is 10.2. The summed E-state index contributed by atoms with van der Waals surface area (Å²) < 4.78 is 10.3. The van der Waals surface area contributed by atoms with Gasteiger partial charge in [0.25, 0.3) is 0 Å². The highest BCUT2D eigenvalue weighted by Gasteiger charge is 2.18.